The maximum atomic E-state index is 14.6. The summed E-state index contributed by atoms with van der Waals surface area (Å²) in [4.78, 5) is 23.8. The van der Waals surface area contributed by atoms with Crippen LogP contribution in [0.2, 0.25) is 0 Å². The van der Waals surface area contributed by atoms with Crippen LogP contribution in [-0.2, 0) is 4.79 Å². The Morgan fingerprint density at radius 1 is 0.970 bits per heavy atom. The fraction of sp³-hybridized carbons (Fsp3) is 0.0833. The predicted octanol–water partition coefficient (Wildman–Crippen LogP) is 5.15. The summed E-state index contributed by atoms with van der Waals surface area (Å²) < 4.78 is 29.6. The lowest BCUT2D eigenvalue weighted by Crippen LogP contribution is -2.14. The van der Waals surface area contributed by atoms with Crippen molar-refractivity contribution in [2.24, 2.45) is 0 Å². The molecule has 1 N–H and O–H groups in total. The second-order valence-electron chi connectivity index (χ2n) is 7.07. The number of carbonyl (C=O) groups excluding carboxylic acids is 2. The van der Waals surface area contributed by atoms with Gasteiger partial charge in [0.25, 0.3) is 0 Å². The molecular formula is C24H18F2N4O2S. The highest BCUT2D eigenvalue weighted by molar-refractivity contribution is 7.99. The molecule has 6 nitrogen and oxygen atoms in total. The Labute approximate surface area is 192 Å². The largest absolute Gasteiger partial charge is 0.325 e. The minimum Gasteiger partial charge on any atom is -0.325 e. The molecule has 166 valence electrons. The number of nitrogens with one attached hydrogen (secondary N) is 1. The number of thioether (sulfide) groups is 1. The fourth-order valence-electron chi connectivity index (χ4n) is 3.13. The van der Waals surface area contributed by atoms with Gasteiger partial charge in [0, 0.05) is 22.9 Å². The van der Waals surface area contributed by atoms with Gasteiger partial charge in [0.15, 0.2) is 16.8 Å². The molecule has 4 aromatic rings. The topological polar surface area (TPSA) is 76.9 Å². The summed E-state index contributed by atoms with van der Waals surface area (Å²) in [5.74, 6) is -1.51. The molecule has 0 spiro atoms. The highest BCUT2D eigenvalue weighted by Crippen LogP contribution is 2.29. The molecule has 0 saturated carbocycles. The molecular weight excluding hydrogens is 446 g/mol. The summed E-state index contributed by atoms with van der Waals surface area (Å²) >= 11 is 1.07. The van der Waals surface area contributed by atoms with Crippen molar-refractivity contribution in [3.05, 3.63) is 90.0 Å². The lowest BCUT2D eigenvalue weighted by atomic mass is 10.1. The summed E-state index contributed by atoms with van der Waals surface area (Å²) in [5, 5.41) is 11.3. The van der Waals surface area contributed by atoms with Crippen LogP contribution in [0.4, 0.5) is 14.5 Å². The number of aromatic nitrogens is 3. The molecule has 0 fully saturated rings. The third-order valence-corrected chi connectivity index (χ3v) is 5.65. The second-order valence-corrected chi connectivity index (χ2v) is 8.02. The Balaban J connectivity index is 1.58. The summed E-state index contributed by atoms with van der Waals surface area (Å²) in [6.07, 6.45) is 0. The monoisotopic (exact) mass is 464 g/mol. The average Bonchev–Trinajstić information content (AvgIpc) is 3.22. The molecule has 1 amide bonds. The highest BCUT2D eigenvalue weighted by Gasteiger charge is 2.20. The molecule has 0 radical (unpaired) electrons. The third-order valence-electron chi connectivity index (χ3n) is 4.72. The zero-order valence-corrected chi connectivity index (χ0v) is 18.3. The Kier molecular flexibility index (Phi) is 6.60. The molecule has 0 aliphatic carbocycles. The Hall–Kier alpha value is -3.85. The van der Waals surface area contributed by atoms with E-state index in [1.165, 1.54) is 17.6 Å². The van der Waals surface area contributed by atoms with E-state index in [1.54, 1.807) is 36.4 Å². The van der Waals surface area contributed by atoms with Gasteiger partial charge in [-0.05, 0) is 43.3 Å². The highest BCUT2D eigenvalue weighted by atomic mass is 32.2. The van der Waals surface area contributed by atoms with E-state index in [0.717, 1.165) is 23.9 Å². The standard InChI is InChI=1S/C24H18F2N4O2S/c1-15(31)16-7-10-19(11-8-16)27-22(32)14-33-24-29-28-23(17-5-3-2-4-6-17)30(24)21-12-9-18(25)13-20(21)26/h2-13H,14H2,1H3,(H,27,32). The molecule has 4 rings (SSSR count). The minimum absolute atomic E-state index is 0.0236. The Morgan fingerprint density at radius 2 is 1.70 bits per heavy atom. The van der Waals surface area contributed by atoms with Gasteiger partial charge in [-0.3, -0.25) is 14.2 Å². The number of rotatable bonds is 7. The molecule has 1 heterocycles. The van der Waals surface area contributed by atoms with Crippen LogP contribution in [0.25, 0.3) is 17.1 Å². The Morgan fingerprint density at radius 3 is 2.36 bits per heavy atom. The van der Waals surface area contributed by atoms with E-state index in [9.17, 15) is 18.4 Å². The zero-order valence-electron chi connectivity index (χ0n) is 17.5. The smallest absolute Gasteiger partial charge is 0.234 e. The summed E-state index contributed by atoms with van der Waals surface area (Å²) in [7, 11) is 0. The van der Waals surface area contributed by atoms with Gasteiger partial charge in [-0.15, -0.1) is 10.2 Å². The maximum Gasteiger partial charge on any atom is 0.234 e. The normalized spacial score (nSPS) is 10.8. The summed E-state index contributed by atoms with van der Waals surface area (Å²) in [5.41, 5.74) is 1.85. The molecule has 3 aromatic carbocycles. The van der Waals surface area contributed by atoms with Crippen molar-refractivity contribution in [1.82, 2.24) is 14.8 Å². The maximum absolute atomic E-state index is 14.6. The van der Waals surface area contributed by atoms with E-state index in [0.29, 0.717) is 22.6 Å². The van der Waals surface area contributed by atoms with Crippen LogP contribution in [0.15, 0.2) is 78.0 Å². The number of halogens is 2. The number of ketones is 1. The van der Waals surface area contributed by atoms with Crippen LogP contribution in [0, 0.1) is 11.6 Å². The Bertz CT molecular complexity index is 1310. The molecule has 9 heteroatoms. The van der Waals surface area contributed by atoms with Gasteiger partial charge in [0.2, 0.25) is 5.91 Å². The number of benzene rings is 3. The van der Waals surface area contributed by atoms with Gasteiger partial charge in [-0.2, -0.15) is 0 Å². The third kappa shape index (κ3) is 5.15. The summed E-state index contributed by atoms with van der Waals surface area (Å²) in [6, 6.07) is 18.9. The van der Waals surface area contributed by atoms with E-state index in [2.05, 4.69) is 15.5 Å². The number of nitrogens with zero attached hydrogens (tertiary/aromatic N) is 3. The molecule has 0 atom stereocenters. The van der Waals surface area contributed by atoms with Gasteiger partial charge >= 0.3 is 0 Å². The van der Waals surface area contributed by atoms with Gasteiger partial charge in [-0.25, -0.2) is 8.78 Å². The van der Waals surface area contributed by atoms with Gasteiger partial charge in [-0.1, -0.05) is 42.1 Å². The first-order chi connectivity index (χ1) is 15.9. The molecule has 0 unspecified atom stereocenters. The number of anilines is 1. The van der Waals surface area contributed by atoms with Crippen molar-refractivity contribution in [2.45, 2.75) is 12.1 Å². The van der Waals surface area contributed by atoms with Crippen LogP contribution >= 0.6 is 11.8 Å². The molecule has 0 aliphatic heterocycles. The van der Waals surface area contributed by atoms with Crippen molar-refractivity contribution in [3.8, 4) is 17.1 Å². The van der Waals surface area contributed by atoms with Crippen molar-refractivity contribution in [1.29, 1.82) is 0 Å². The van der Waals surface area contributed by atoms with Crippen molar-refractivity contribution in [3.63, 3.8) is 0 Å². The van der Waals surface area contributed by atoms with Crippen LogP contribution in [0.5, 0.6) is 0 Å². The van der Waals surface area contributed by atoms with E-state index >= 15 is 0 Å². The second kappa shape index (κ2) is 9.74. The van der Waals surface area contributed by atoms with Crippen LogP contribution < -0.4 is 5.32 Å². The van der Waals surface area contributed by atoms with Crippen molar-refractivity contribution >= 4 is 29.1 Å². The average molecular weight is 464 g/mol. The van der Waals surface area contributed by atoms with Crippen LogP contribution in [0.1, 0.15) is 17.3 Å². The first-order valence-electron chi connectivity index (χ1n) is 9.92. The van der Waals surface area contributed by atoms with Gasteiger partial charge < -0.3 is 5.32 Å². The zero-order chi connectivity index (χ0) is 23.4. The molecule has 0 bridgehead atoms. The molecule has 0 saturated heterocycles. The van der Waals surface area contributed by atoms with E-state index in [-0.39, 0.29) is 28.3 Å². The van der Waals surface area contributed by atoms with Crippen molar-refractivity contribution < 1.29 is 18.4 Å². The predicted molar refractivity (Wildman–Crippen MR) is 123 cm³/mol. The molecule has 0 aliphatic rings. The van der Waals surface area contributed by atoms with Crippen LogP contribution in [-0.4, -0.2) is 32.2 Å². The van der Waals surface area contributed by atoms with Gasteiger partial charge in [0.05, 0.1) is 11.4 Å². The van der Waals surface area contributed by atoms with E-state index in [1.807, 2.05) is 18.2 Å². The number of Topliss-reactive ketones (excluding diaryl/α,β-unsaturated/α-hetero) is 1. The number of hydrogen-bond donors (Lipinski definition) is 1. The quantitative estimate of drug-likeness (QED) is 0.303. The fourth-order valence-corrected chi connectivity index (χ4v) is 3.88. The van der Waals surface area contributed by atoms with Gasteiger partial charge in [0.1, 0.15) is 11.6 Å². The minimum atomic E-state index is -0.774. The molecule has 33 heavy (non-hydrogen) atoms. The van der Waals surface area contributed by atoms with Crippen molar-refractivity contribution in [2.75, 3.05) is 11.1 Å². The number of carbonyl (C=O) groups is 2. The first-order valence-corrected chi connectivity index (χ1v) is 10.9. The molecule has 1 aromatic heterocycles. The SMILES string of the molecule is CC(=O)c1ccc(NC(=O)CSc2nnc(-c3ccccc3)n2-c2ccc(F)cc2F)cc1. The lowest BCUT2D eigenvalue weighted by molar-refractivity contribution is -0.113. The van der Waals surface area contributed by atoms with E-state index in [4.69, 9.17) is 0 Å². The van der Waals surface area contributed by atoms with Crippen LogP contribution in [0.3, 0.4) is 0 Å². The number of amides is 1. The lowest BCUT2D eigenvalue weighted by Gasteiger charge is -2.11. The first kappa shape index (κ1) is 22.3. The van der Waals surface area contributed by atoms with E-state index < -0.39 is 11.6 Å². The summed E-state index contributed by atoms with van der Waals surface area (Å²) in [6.45, 7) is 1.47. The number of hydrogen-bond acceptors (Lipinski definition) is 5.